The molecule has 14 heteroatoms. The van der Waals surface area contributed by atoms with Crippen LogP contribution in [0.25, 0.3) is 0 Å². The number of morpholine rings is 1. The number of hydrogen-bond acceptors (Lipinski definition) is 12. The second-order valence-corrected chi connectivity index (χ2v) is 12.5. The summed E-state index contributed by atoms with van der Waals surface area (Å²) in [5.41, 5.74) is 1.89. The lowest BCUT2D eigenvalue weighted by Gasteiger charge is -2.34. The molecule has 6 rings (SSSR count). The zero-order chi connectivity index (χ0) is 32.1. The van der Waals surface area contributed by atoms with Gasteiger partial charge in [-0.05, 0) is 31.9 Å². The Morgan fingerprint density at radius 1 is 0.957 bits per heavy atom. The minimum atomic E-state index is -0.762. The van der Waals surface area contributed by atoms with Gasteiger partial charge in [0.15, 0.2) is 0 Å². The third-order valence-corrected chi connectivity index (χ3v) is 7.77. The molecule has 2 saturated heterocycles. The van der Waals surface area contributed by atoms with E-state index in [1.807, 2.05) is 62.0 Å². The van der Waals surface area contributed by atoms with Crippen LogP contribution in [0.5, 0.6) is 0 Å². The van der Waals surface area contributed by atoms with E-state index in [-0.39, 0.29) is 12.2 Å². The van der Waals surface area contributed by atoms with Crippen molar-refractivity contribution in [2.75, 3.05) is 55.7 Å². The van der Waals surface area contributed by atoms with Crippen LogP contribution in [-0.4, -0.2) is 108 Å². The van der Waals surface area contributed by atoms with Gasteiger partial charge >= 0.3 is 6.09 Å². The van der Waals surface area contributed by atoms with Crippen molar-refractivity contribution in [3.05, 3.63) is 84.0 Å². The number of anilines is 2. The fourth-order valence-electron chi connectivity index (χ4n) is 5.44. The number of nitrogens with zero attached hydrogens (tertiary/aromatic N) is 10. The van der Waals surface area contributed by atoms with Gasteiger partial charge in [0, 0.05) is 63.3 Å². The third-order valence-electron chi connectivity index (χ3n) is 7.77. The number of piperazine rings is 1. The number of amides is 1. The van der Waals surface area contributed by atoms with Crippen molar-refractivity contribution in [1.29, 1.82) is 0 Å². The molecule has 1 N–H and O–H groups in total. The number of benzene rings is 1. The van der Waals surface area contributed by atoms with Crippen molar-refractivity contribution in [1.82, 2.24) is 39.6 Å². The molecule has 1 amide bonds. The van der Waals surface area contributed by atoms with Gasteiger partial charge in [0.2, 0.25) is 11.9 Å². The lowest BCUT2D eigenvalue weighted by Crippen LogP contribution is -2.48. The van der Waals surface area contributed by atoms with Crippen LogP contribution in [0.4, 0.5) is 16.7 Å². The topological polar surface area (TPSA) is 148 Å². The predicted octanol–water partition coefficient (Wildman–Crippen LogP) is 2.49. The summed E-state index contributed by atoms with van der Waals surface area (Å²) in [6, 6.07) is 9.48. The Kier molecular flexibility index (Phi) is 9.35. The van der Waals surface area contributed by atoms with Crippen molar-refractivity contribution in [3.63, 3.8) is 0 Å². The molecule has 0 saturated carbocycles. The van der Waals surface area contributed by atoms with E-state index in [9.17, 15) is 9.90 Å². The molecule has 0 radical (unpaired) electrons. The zero-order valence-electron chi connectivity index (χ0n) is 26.4. The molecule has 14 nitrogen and oxygen atoms in total. The summed E-state index contributed by atoms with van der Waals surface area (Å²) in [5, 5.41) is 15.2. The number of rotatable bonds is 8. The van der Waals surface area contributed by atoms with Crippen LogP contribution in [-0.2, 0) is 22.4 Å². The molecule has 2 aliphatic rings. The first-order chi connectivity index (χ1) is 22.2. The SMILES string of the molecule is CC(C)(C)OC(=O)N1CCO[C@H](Cn2cc(Cc3ncnc(N4CCN(c5ncc(C(O)c6ccccc6)cn5)CC4)n3)cn2)C1. The van der Waals surface area contributed by atoms with Crippen LogP contribution < -0.4 is 9.80 Å². The first-order valence-corrected chi connectivity index (χ1v) is 15.5. The van der Waals surface area contributed by atoms with Gasteiger partial charge in [-0.2, -0.15) is 10.1 Å². The molecule has 3 aromatic heterocycles. The van der Waals surface area contributed by atoms with E-state index in [1.54, 1.807) is 29.8 Å². The smallest absolute Gasteiger partial charge is 0.410 e. The molecule has 0 bridgehead atoms. The molecule has 2 aliphatic heterocycles. The first-order valence-electron chi connectivity index (χ1n) is 15.5. The van der Waals surface area contributed by atoms with E-state index in [1.165, 1.54) is 0 Å². The molecule has 2 atom stereocenters. The molecular formula is C32H40N10O4. The Morgan fingerprint density at radius 2 is 1.67 bits per heavy atom. The van der Waals surface area contributed by atoms with Crippen molar-refractivity contribution in [3.8, 4) is 0 Å². The predicted molar refractivity (Wildman–Crippen MR) is 169 cm³/mol. The standard InChI is InChI=1S/C32H40N10O4/c1-32(2,3)46-31(44)41-13-14-45-26(20-41)21-42-19-23(16-37-42)15-27-35-22-36-30(38-27)40-11-9-39(10-12-40)29-33-17-25(18-34-29)28(43)24-7-5-4-6-8-24/h4-8,16-19,22,26,28,43H,9-15,20-21H2,1-3H3/t26-,28?/m0/s1. The van der Waals surface area contributed by atoms with Gasteiger partial charge < -0.3 is 29.3 Å². The molecule has 0 spiro atoms. The number of aliphatic hydroxyl groups is 1. The highest BCUT2D eigenvalue weighted by Crippen LogP contribution is 2.22. The molecule has 4 aromatic rings. The molecule has 1 unspecified atom stereocenters. The number of aliphatic hydroxyl groups excluding tert-OH is 1. The monoisotopic (exact) mass is 628 g/mol. The van der Waals surface area contributed by atoms with E-state index in [0.717, 1.165) is 11.1 Å². The van der Waals surface area contributed by atoms with Gasteiger partial charge in [0.25, 0.3) is 0 Å². The normalized spacial score (nSPS) is 18.0. The van der Waals surface area contributed by atoms with Crippen molar-refractivity contribution in [2.24, 2.45) is 0 Å². The van der Waals surface area contributed by atoms with Crippen molar-refractivity contribution < 1.29 is 19.4 Å². The van der Waals surface area contributed by atoms with Crippen molar-refractivity contribution in [2.45, 2.75) is 51.5 Å². The average molecular weight is 629 g/mol. The minimum absolute atomic E-state index is 0.180. The van der Waals surface area contributed by atoms with Crippen molar-refractivity contribution >= 4 is 18.0 Å². The summed E-state index contributed by atoms with van der Waals surface area (Å²) in [7, 11) is 0. The second-order valence-electron chi connectivity index (χ2n) is 12.5. The highest BCUT2D eigenvalue weighted by molar-refractivity contribution is 5.68. The molecule has 2 fully saturated rings. The number of carbonyl (C=O) groups excluding carboxylic acids is 1. The maximum Gasteiger partial charge on any atom is 0.410 e. The molecular weight excluding hydrogens is 588 g/mol. The Hall–Kier alpha value is -4.69. The lowest BCUT2D eigenvalue weighted by atomic mass is 10.0. The van der Waals surface area contributed by atoms with Gasteiger partial charge in [-0.1, -0.05) is 30.3 Å². The second kappa shape index (κ2) is 13.7. The quantitative estimate of drug-likeness (QED) is 0.306. The first kappa shape index (κ1) is 31.3. The summed E-state index contributed by atoms with van der Waals surface area (Å²) in [5.74, 6) is 1.93. The fourth-order valence-corrected chi connectivity index (χ4v) is 5.44. The Balaban J connectivity index is 0.999. The van der Waals surface area contributed by atoms with E-state index in [0.29, 0.717) is 82.1 Å². The average Bonchev–Trinajstić information content (AvgIpc) is 3.50. The molecule has 5 heterocycles. The Morgan fingerprint density at radius 3 is 2.39 bits per heavy atom. The summed E-state index contributed by atoms with van der Waals surface area (Å²) < 4.78 is 13.3. The van der Waals surface area contributed by atoms with Gasteiger partial charge in [-0.3, -0.25) is 4.68 Å². The largest absolute Gasteiger partial charge is 0.444 e. The maximum absolute atomic E-state index is 12.5. The lowest BCUT2D eigenvalue weighted by molar-refractivity contribution is -0.0483. The summed E-state index contributed by atoms with van der Waals surface area (Å²) >= 11 is 0. The molecule has 1 aromatic carbocycles. The molecule has 242 valence electrons. The highest BCUT2D eigenvalue weighted by atomic mass is 16.6. The maximum atomic E-state index is 12.5. The van der Waals surface area contributed by atoms with Gasteiger partial charge in [-0.15, -0.1) is 0 Å². The number of aromatic nitrogens is 7. The highest BCUT2D eigenvalue weighted by Gasteiger charge is 2.28. The van der Waals surface area contributed by atoms with Crippen LogP contribution in [0, 0.1) is 0 Å². The summed E-state index contributed by atoms with van der Waals surface area (Å²) in [4.78, 5) is 41.1. The number of ether oxygens (including phenoxy) is 2. The minimum Gasteiger partial charge on any atom is -0.444 e. The van der Waals surface area contributed by atoms with Gasteiger partial charge in [0.1, 0.15) is 23.9 Å². The van der Waals surface area contributed by atoms with Gasteiger partial charge in [-0.25, -0.2) is 24.7 Å². The number of carbonyl (C=O) groups is 1. The zero-order valence-corrected chi connectivity index (χ0v) is 26.4. The molecule has 0 aliphatic carbocycles. The van der Waals surface area contributed by atoms with Crippen LogP contribution in [0.2, 0.25) is 0 Å². The summed E-state index contributed by atoms with van der Waals surface area (Å²) in [6.07, 6.45) is 7.94. The van der Waals surface area contributed by atoms with E-state index >= 15 is 0 Å². The van der Waals surface area contributed by atoms with Crippen LogP contribution >= 0.6 is 0 Å². The van der Waals surface area contributed by atoms with E-state index in [2.05, 4.69) is 34.8 Å². The molecule has 46 heavy (non-hydrogen) atoms. The van der Waals surface area contributed by atoms with Gasteiger partial charge in [0.05, 0.1) is 32.0 Å². The van der Waals surface area contributed by atoms with E-state index < -0.39 is 11.7 Å². The third kappa shape index (κ3) is 7.93. The van der Waals surface area contributed by atoms with Crippen LogP contribution in [0.15, 0.2) is 61.4 Å². The Bertz CT molecular complexity index is 1590. The van der Waals surface area contributed by atoms with Crippen LogP contribution in [0.1, 0.15) is 49.4 Å². The van der Waals surface area contributed by atoms with Crippen LogP contribution in [0.3, 0.4) is 0 Å². The number of hydrogen-bond donors (Lipinski definition) is 1. The fraction of sp³-hybridized carbons (Fsp3) is 0.469. The Labute approximate surface area is 268 Å². The summed E-state index contributed by atoms with van der Waals surface area (Å²) in [6.45, 7) is 10.4. The van der Waals surface area contributed by atoms with E-state index in [4.69, 9.17) is 14.5 Å².